The van der Waals surface area contributed by atoms with Crippen molar-refractivity contribution >= 4 is 28.6 Å². The lowest BCUT2D eigenvalue weighted by atomic mass is 10.2. The van der Waals surface area contributed by atoms with Gasteiger partial charge < -0.3 is 5.32 Å². The van der Waals surface area contributed by atoms with Crippen molar-refractivity contribution in [2.75, 3.05) is 18.9 Å². The zero-order valence-corrected chi connectivity index (χ0v) is 12.3. The molecule has 0 radical (unpaired) electrons. The summed E-state index contributed by atoms with van der Waals surface area (Å²) in [5.41, 5.74) is 1.54. The second-order valence-corrected chi connectivity index (χ2v) is 5.44. The molecule has 0 unspecified atom stereocenters. The first-order valence-electron chi connectivity index (χ1n) is 6.28. The summed E-state index contributed by atoms with van der Waals surface area (Å²) >= 11 is 1.62. The minimum atomic E-state index is -0.488. The number of hydrogen-bond donors (Lipinski definition) is 1. The highest BCUT2D eigenvalue weighted by Crippen LogP contribution is 2.17. The Labute approximate surface area is 126 Å². The largest absolute Gasteiger partial charge is 0.325 e. The highest BCUT2D eigenvalue weighted by Gasteiger charge is 2.10. The third-order valence-electron chi connectivity index (χ3n) is 2.79. The molecule has 1 amide bonds. The van der Waals surface area contributed by atoms with Gasteiger partial charge in [-0.05, 0) is 35.5 Å². The second-order valence-electron chi connectivity index (χ2n) is 4.66. The molecule has 0 spiro atoms. The van der Waals surface area contributed by atoms with Crippen molar-refractivity contribution in [2.24, 2.45) is 0 Å². The van der Waals surface area contributed by atoms with E-state index in [4.69, 9.17) is 0 Å². The minimum absolute atomic E-state index is 0.0422. The maximum absolute atomic E-state index is 11.9. The predicted molar refractivity (Wildman–Crippen MR) is 82.4 cm³/mol. The Hall–Kier alpha value is -2.25. The van der Waals surface area contributed by atoms with Crippen LogP contribution in [0.25, 0.3) is 0 Å². The summed E-state index contributed by atoms with van der Waals surface area (Å²) in [7, 11) is 1.85. The van der Waals surface area contributed by atoms with Gasteiger partial charge in [-0.1, -0.05) is 6.07 Å². The first-order valence-corrected chi connectivity index (χ1v) is 7.23. The van der Waals surface area contributed by atoms with Crippen LogP contribution in [0.15, 0.2) is 41.1 Å². The van der Waals surface area contributed by atoms with Crippen LogP contribution in [0.5, 0.6) is 0 Å². The van der Waals surface area contributed by atoms with Crippen molar-refractivity contribution in [1.29, 1.82) is 0 Å². The number of carbonyl (C=O) groups is 1. The highest BCUT2D eigenvalue weighted by atomic mass is 32.1. The van der Waals surface area contributed by atoms with Crippen LogP contribution in [0.4, 0.5) is 11.4 Å². The summed E-state index contributed by atoms with van der Waals surface area (Å²) in [4.78, 5) is 24.0. The van der Waals surface area contributed by atoms with Gasteiger partial charge in [-0.3, -0.25) is 19.8 Å². The molecule has 21 heavy (non-hydrogen) atoms. The van der Waals surface area contributed by atoms with Crippen molar-refractivity contribution in [2.45, 2.75) is 6.54 Å². The van der Waals surface area contributed by atoms with Gasteiger partial charge in [0, 0.05) is 24.4 Å². The first kappa shape index (κ1) is 15.1. The molecule has 1 aromatic heterocycles. The number of nitrogens with zero attached hydrogens (tertiary/aromatic N) is 2. The number of thiophene rings is 1. The molecular formula is C14H15N3O3S. The summed E-state index contributed by atoms with van der Waals surface area (Å²) in [6.07, 6.45) is 0. The van der Waals surface area contributed by atoms with E-state index in [0.29, 0.717) is 12.2 Å². The molecule has 6 nitrogen and oxygen atoms in total. The zero-order valence-electron chi connectivity index (χ0n) is 11.5. The van der Waals surface area contributed by atoms with Gasteiger partial charge in [0.2, 0.25) is 5.91 Å². The van der Waals surface area contributed by atoms with Crippen LogP contribution in [-0.4, -0.2) is 29.3 Å². The number of non-ortho nitro benzene ring substituents is 1. The molecule has 1 N–H and O–H groups in total. The van der Waals surface area contributed by atoms with E-state index in [2.05, 4.69) is 5.32 Å². The minimum Gasteiger partial charge on any atom is -0.325 e. The molecule has 2 rings (SSSR count). The molecule has 0 aliphatic rings. The Kier molecular flexibility index (Phi) is 5.02. The number of carbonyl (C=O) groups excluding carboxylic acids is 1. The molecule has 1 heterocycles. The molecule has 110 valence electrons. The summed E-state index contributed by atoms with van der Waals surface area (Å²) in [5.74, 6) is -0.201. The van der Waals surface area contributed by atoms with Crippen LogP contribution in [0.3, 0.4) is 0 Å². The second kappa shape index (κ2) is 6.96. The average molecular weight is 305 g/mol. The third kappa shape index (κ3) is 4.66. The van der Waals surface area contributed by atoms with E-state index in [1.165, 1.54) is 12.1 Å². The number of amides is 1. The van der Waals surface area contributed by atoms with Crippen molar-refractivity contribution in [3.63, 3.8) is 0 Å². The third-order valence-corrected chi connectivity index (χ3v) is 3.52. The average Bonchev–Trinajstić information content (AvgIpc) is 2.91. The van der Waals surface area contributed by atoms with E-state index in [1.807, 2.05) is 28.8 Å². The van der Waals surface area contributed by atoms with Crippen molar-refractivity contribution < 1.29 is 9.72 Å². The van der Waals surface area contributed by atoms with Crippen LogP contribution in [0.1, 0.15) is 5.56 Å². The molecule has 7 heteroatoms. The Morgan fingerprint density at radius 1 is 1.43 bits per heavy atom. The SMILES string of the molecule is CN(CC(=O)Nc1cccc([N+](=O)[O-])c1)Cc1ccsc1. The Morgan fingerprint density at radius 3 is 2.90 bits per heavy atom. The maximum atomic E-state index is 11.9. The molecule has 1 aromatic carbocycles. The molecule has 2 aromatic rings. The number of rotatable bonds is 6. The van der Waals surface area contributed by atoms with Gasteiger partial charge in [-0.25, -0.2) is 0 Å². The summed E-state index contributed by atoms with van der Waals surface area (Å²) < 4.78 is 0. The van der Waals surface area contributed by atoms with Crippen LogP contribution in [0, 0.1) is 10.1 Å². The van der Waals surface area contributed by atoms with Crippen LogP contribution in [-0.2, 0) is 11.3 Å². The monoisotopic (exact) mass is 305 g/mol. The molecule has 0 fully saturated rings. The first-order chi connectivity index (χ1) is 10.0. The number of benzene rings is 1. The Morgan fingerprint density at radius 2 is 2.24 bits per heavy atom. The Bertz CT molecular complexity index is 628. The van der Waals surface area contributed by atoms with Crippen LogP contribution < -0.4 is 5.32 Å². The number of anilines is 1. The predicted octanol–water partition coefficient (Wildman–Crippen LogP) is 2.73. The molecule has 0 saturated heterocycles. The van der Waals surface area contributed by atoms with Gasteiger partial charge in [-0.15, -0.1) is 0 Å². The normalized spacial score (nSPS) is 10.6. The van der Waals surface area contributed by atoms with E-state index in [9.17, 15) is 14.9 Å². The molecule has 0 aliphatic heterocycles. The van der Waals surface area contributed by atoms with Gasteiger partial charge in [-0.2, -0.15) is 11.3 Å². The summed E-state index contributed by atoms with van der Waals surface area (Å²) in [5, 5.41) is 17.4. The number of nitro groups is 1. The fourth-order valence-corrected chi connectivity index (χ4v) is 2.55. The van der Waals surface area contributed by atoms with Gasteiger partial charge >= 0.3 is 0 Å². The zero-order chi connectivity index (χ0) is 15.2. The lowest BCUT2D eigenvalue weighted by Crippen LogP contribution is -2.29. The van der Waals surface area contributed by atoms with E-state index in [1.54, 1.807) is 23.5 Å². The molecule has 0 aliphatic carbocycles. The van der Waals surface area contributed by atoms with Gasteiger partial charge in [0.25, 0.3) is 5.69 Å². The quantitative estimate of drug-likeness (QED) is 0.657. The fraction of sp³-hybridized carbons (Fsp3) is 0.214. The van der Waals surface area contributed by atoms with Gasteiger partial charge in [0.15, 0.2) is 0 Å². The van der Waals surface area contributed by atoms with E-state index in [0.717, 1.165) is 5.56 Å². The summed E-state index contributed by atoms with van der Waals surface area (Å²) in [6, 6.07) is 7.92. The van der Waals surface area contributed by atoms with Crippen LogP contribution >= 0.6 is 11.3 Å². The van der Waals surface area contributed by atoms with Gasteiger partial charge in [0.1, 0.15) is 0 Å². The van der Waals surface area contributed by atoms with Crippen molar-refractivity contribution in [3.05, 3.63) is 56.8 Å². The topological polar surface area (TPSA) is 75.5 Å². The van der Waals surface area contributed by atoms with Gasteiger partial charge in [0.05, 0.1) is 11.5 Å². The van der Waals surface area contributed by atoms with Crippen molar-refractivity contribution in [3.8, 4) is 0 Å². The van der Waals surface area contributed by atoms with Crippen LogP contribution in [0.2, 0.25) is 0 Å². The lowest BCUT2D eigenvalue weighted by molar-refractivity contribution is -0.384. The van der Waals surface area contributed by atoms with E-state index < -0.39 is 4.92 Å². The standard InChI is InChI=1S/C14H15N3O3S/c1-16(8-11-5-6-21-10-11)9-14(18)15-12-3-2-4-13(7-12)17(19)20/h2-7,10H,8-9H2,1H3,(H,15,18). The number of hydrogen-bond acceptors (Lipinski definition) is 5. The number of likely N-dealkylation sites (N-methyl/N-ethyl adjacent to an activating group) is 1. The summed E-state index contributed by atoms with van der Waals surface area (Å²) in [6.45, 7) is 0.907. The smallest absolute Gasteiger partial charge is 0.271 e. The molecule has 0 atom stereocenters. The van der Waals surface area contributed by atoms with E-state index >= 15 is 0 Å². The number of nitrogens with one attached hydrogen (secondary N) is 1. The molecule has 0 saturated carbocycles. The maximum Gasteiger partial charge on any atom is 0.271 e. The van der Waals surface area contributed by atoms with Crippen molar-refractivity contribution in [1.82, 2.24) is 4.90 Å². The van der Waals surface area contributed by atoms with E-state index in [-0.39, 0.29) is 18.1 Å². The molecular weight excluding hydrogens is 290 g/mol. The molecule has 0 bridgehead atoms. The lowest BCUT2D eigenvalue weighted by Gasteiger charge is -2.15. The highest BCUT2D eigenvalue weighted by molar-refractivity contribution is 7.07. The number of nitro benzene ring substituents is 1. The Balaban J connectivity index is 1.89. The fourth-order valence-electron chi connectivity index (χ4n) is 1.89.